The molecule has 4 heteroatoms. The molecule has 1 saturated heterocycles. The Morgan fingerprint density at radius 3 is 2.42 bits per heavy atom. The predicted molar refractivity (Wildman–Crippen MR) is 72.5 cm³/mol. The smallest absolute Gasteiger partial charge is 0.249 e. The Morgan fingerprint density at radius 2 is 1.79 bits per heavy atom. The Balaban J connectivity index is 1.79. The highest BCUT2D eigenvalue weighted by atomic mass is 16.2. The average molecular weight is 264 g/mol. The third-order valence-electron chi connectivity index (χ3n) is 5.27. The van der Waals surface area contributed by atoms with Gasteiger partial charge in [-0.3, -0.25) is 9.59 Å². The minimum absolute atomic E-state index is 0.0412. The molecule has 1 spiro atoms. The molecule has 4 nitrogen and oxygen atoms in total. The number of hydrogen-bond donors (Lipinski definition) is 1. The monoisotopic (exact) mass is 264 g/mol. The molecule has 0 aromatic heterocycles. The van der Waals surface area contributed by atoms with E-state index in [0.717, 1.165) is 32.2 Å². The van der Waals surface area contributed by atoms with Crippen LogP contribution in [-0.4, -0.2) is 34.8 Å². The quantitative estimate of drug-likeness (QED) is 0.827. The fourth-order valence-corrected chi connectivity index (χ4v) is 4.02. The van der Waals surface area contributed by atoms with Crippen molar-refractivity contribution < 1.29 is 9.59 Å². The van der Waals surface area contributed by atoms with Gasteiger partial charge in [-0.25, -0.2) is 0 Å². The van der Waals surface area contributed by atoms with E-state index in [-0.39, 0.29) is 17.9 Å². The van der Waals surface area contributed by atoms with Gasteiger partial charge in [-0.05, 0) is 38.5 Å². The van der Waals surface area contributed by atoms with Crippen molar-refractivity contribution in [3.8, 4) is 0 Å². The molecule has 0 aromatic carbocycles. The third-order valence-corrected chi connectivity index (χ3v) is 5.27. The lowest BCUT2D eigenvalue weighted by atomic mass is 9.90. The van der Waals surface area contributed by atoms with Crippen molar-refractivity contribution in [1.29, 1.82) is 0 Å². The molecule has 1 atom stereocenters. The summed E-state index contributed by atoms with van der Waals surface area (Å²) in [6, 6.07) is -0.292. The number of carbonyl (C=O) groups is 2. The van der Waals surface area contributed by atoms with Crippen LogP contribution in [0.4, 0.5) is 0 Å². The predicted octanol–water partition coefficient (Wildman–Crippen LogP) is 1.84. The lowest BCUT2D eigenvalue weighted by Gasteiger charge is -2.44. The Bertz CT molecular complexity index is 382. The van der Waals surface area contributed by atoms with E-state index < -0.39 is 5.54 Å². The van der Waals surface area contributed by atoms with Crippen LogP contribution >= 0.6 is 0 Å². The molecule has 1 N–H and O–H groups in total. The van der Waals surface area contributed by atoms with Gasteiger partial charge in [0.25, 0.3) is 0 Å². The fraction of sp³-hybridized carbons (Fsp3) is 0.867. The molecule has 3 aliphatic rings. The molecular formula is C15H24N2O2. The number of piperazine rings is 1. The summed E-state index contributed by atoms with van der Waals surface area (Å²) in [6.07, 6.45) is 8.74. The van der Waals surface area contributed by atoms with E-state index in [0.29, 0.717) is 5.92 Å². The first-order chi connectivity index (χ1) is 9.12. The van der Waals surface area contributed by atoms with E-state index in [1.54, 1.807) is 0 Å². The summed E-state index contributed by atoms with van der Waals surface area (Å²) < 4.78 is 0. The summed E-state index contributed by atoms with van der Waals surface area (Å²) in [5, 5.41) is 3.02. The zero-order valence-electron chi connectivity index (χ0n) is 11.8. The number of amides is 2. The second-order valence-corrected chi connectivity index (χ2v) is 6.56. The van der Waals surface area contributed by atoms with Gasteiger partial charge < -0.3 is 10.2 Å². The van der Waals surface area contributed by atoms with Crippen molar-refractivity contribution in [2.45, 2.75) is 69.9 Å². The van der Waals surface area contributed by atoms with Crippen molar-refractivity contribution in [3.63, 3.8) is 0 Å². The summed E-state index contributed by atoms with van der Waals surface area (Å²) in [6.45, 7) is 2.65. The second-order valence-electron chi connectivity index (χ2n) is 6.56. The first-order valence-corrected chi connectivity index (χ1v) is 7.75. The van der Waals surface area contributed by atoms with Crippen molar-refractivity contribution in [1.82, 2.24) is 10.2 Å². The summed E-state index contributed by atoms with van der Waals surface area (Å²) >= 11 is 0. The SMILES string of the molecule is CC1C(=O)NC2(CCCC2)C(=O)N1CC1CCCC1. The Kier molecular flexibility index (Phi) is 3.27. The number of rotatable bonds is 2. The molecule has 0 aromatic rings. The Morgan fingerprint density at radius 1 is 1.16 bits per heavy atom. The van der Waals surface area contributed by atoms with Crippen LogP contribution in [0.2, 0.25) is 0 Å². The van der Waals surface area contributed by atoms with Crippen LogP contribution in [0.1, 0.15) is 58.3 Å². The lowest BCUT2D eigenvalue weighted by molar-refractivity contribution is -0.154. The molecule has 106 valence electrons. The van der Waals surface area contributed by atoms with Gasteiger partial charge in [0.05, 0.1) is 0 Å². The van der Waals surface area contributed by atoms with E-state index in [2.05, 4.69) is 5.32 Å². The normalized spacial score (nSPS) is 31.2. The van der Waals surface area contributed by atoms with E-state index in [1.807, 2.05) is 11.8 Å². The van der Waals surface area contributed by atoms with Crippen LogP contribution in [0.15, 0.2) is 0 Å². The molecule has 0 bridgehead atoms. The van der Waals surface area contributed by atoms with Gasteiger partial charge in [0, 0.05) is 6.54 Å². The van der Waals surface area contributed by atoms with Gasteiger partial charge in [-0.1, -0.05) is 25.7 Å². The topological polar surface area (TPSA) is 49.4 Å². The highest BCUT2D eigenvalue weighted by molar-refractivity contribution is 5.99. The lowest BCUT2D eigenvalue weighted by Crippen LogP contribution is -2.69. The number of carbonyl (C=O) groups excluding carboxylic acids is 2. The summed E-state index contributed by atoms with van der Waals surface area (Å²) in [4.78, 5) is 26.9. The minimum Gasteiger partial charge on any atom is -0.340 e. The summed E-state index contributed by atoms with van der Waals surface area (Å²) in [5.74, 6) is 0.833. The van der Waals surface area contributed by atoms with Gasteiger partial charge >= 0.3 is 0 Å². The van der Waals surface area contributed by atoms with Crippen LogP contribution in [0.3, 0.4) is 0 Å². The number of nitrogens with one attached hydrogen (secondary N) is 1. The standard InChI is InChI=1S/C15H24N2O2/c1-11-13(18)16-15(8-4-5-9-15)14(19)17(11)10-12-6-2-3-7-12/h11-12H,2-10H2,1H3,(H,16,18). The molecule has 2 aliphatic carbocycles. The molecule has 2 saturated carbocycles. The van der Waals surface area contributed by atoms with Crippen LogP contribution in [-0.2, 0) is 9.59 Å². The highest BCUT2D eigenvalue weighted by Gasteiger charge is 2.51. The van der Waals surface area contributed by atoms with Crippen molar-refractivity contribution in [2.24, 2.45) is 5.92 Å². The van der Waals surface area contributed by atoms with Crippen molar-refractivity contribution >= 4 is 11.8 Å². The summed E-state index contributed by atoms with van der Waals surface area (Å²) in [7, 11) is 0. The van der Waals surface area contributed by atoms with Crippen molar-refractivity contribution in [3.05, 3.63) is 0 Å². The van der Waals surface area contributed by atoms with Gasteiger partial charge in [0.2, 0.25) is 11.8 Å². The van der Waals surface area contributed by atoms with E-state index >= 15 is 0 Å². The van der Waals surface area contributed by atoms with Crippen LogP contribution in [0.5, 0.6) is 0 Å². The number of nitrogens with zero attached hydrogens (tertiary/aromatic N) is 1. The van der Waals surface area contributed by atoms with Gasteiger partial charge in [-0.15, -0.1) is 0 Å². The largest absolute Gasteiger partial charge is 0.340 e. The molecule has 3 fully saturated rings. The van der Waals surface area contributed by atoms with Gasteiger partial charge in [-0.2, -0.15) is 0 Å². The van der Waals surface area contributed by atoms with Crippen LogP contribution in [0.25, 0.3) is 0 Å². The zero-order chi connectivity index (χ0) is 13.5. The minimum atomic E-state index is -0.553. The zero-order valence-corrected chi connectivity index (χ0v) is 11.8. The number of hydrogen-bond acceptors (Lipinski definition) is 2. The van der Waals surface area contributed by atoms with Gasteiger partial charge in [0.15, 0.2) is 0 Å². The maximum absolute atomic E-state index is 12.8. The first kappa shape index (κ1) is 12.9. The fourth-order valence-electron chi connectivity index (χ4n) is 4.02. The summed E-state index contributed by atoms with van der Waals surface area (Å²) in [5.41, 5.74) is -0.553. The maximum atomic E-state index is 12.8. The molecule has 0 radical (unpaired) electrons. The molecule has 3 rings (SSSR count). The second kappa shape index (κ2) is 4.80. The highest BCUT2D eigenvalue weighted by Crippen LogP contribution is 2.36. The van der Waals surface area contributed by atoms with E-state index in [1.165, 1.54) is 25.7 Å². The Hall–Kier alpha value is -1.06. The molecule has 1 heterocycles. The van der Waals surface area contributed by atoms with Crippen LogP contribution in [0, 0.1) is 5.92 Å². The third kappa shape index (κ3) is 2.15. The van der Waals surface area contributed by atoms with E-state index in [9.17, 15) is 9.59 Å². The van der Waals surface area contributed by atoms with Gasteiger partial charge in [0.1, 0.15) is 11.6 Å². The average Bonchev–Trinajstić information content (AvgIpc) is 3.04. The molecule has 2 amide bonds. The van der Waals surface area contributed by atoms with Crippen molar-refractivity contribution in [2.75, 3.05) is 6.54 Å². The molecule has 19 heavy (non-hydrogen) atoms. The molecular weight excluding hydrogens is 240 g/mol. The molecule has 1 aliphatic heterocycles. The first-order valence-electron chi connectivity index (χ1n) is 7.75. The Labute approximate surface area is 114 Å². The molecule has 1 unspecified atom stereocenters. The maximum Gasteiger partial charge on any atom is 0.249 e. The van der Waals surface area contributed by atoms with E-state index in [4.69, 9.17) is 0 Å². The van der Waals surface area contributed by atoms with Crippen LogP contribution < -0.4 is 5.32 Å².